The number of methoxy groups -OCH3 is 1. The number of amides is 2. The highest BCUT2D eigenvalue weighted by Gasteiger charge is 2.26. The molecule has 0 fully saturated rings. The van der Waals surface area contributed by atoms with E-state index in [4.69, 9.17) is 9.47 Å². The minimum Gasteiger partial charge on any atom is -0.452 e. The van der Waals surface area contributed by atoms with Crippen LogP contribution in [-0.4, -0.2) is 49.6 Å². The van der Waals surface area contributed by atoms with E-state index in [1.165, 1.54) is 17.4 Å². The molecule has 2 heterocycles. The van der Waals surface area contributed by atoms with Crippen molar-refractivity contribution >= 4 is 51.1 Å². The lowest BCUT2D eigenvalue weighted by molar-refractivity contribution is -0.142. The maximum absolute atomic E-state index is 12.8. The summed E-state index contributed by atoms with van der Waals surface area (Å²) in [7, 11) is 1.57. The lowest BCUT2D eigenvalue weighted by Gasteiger charge is -2.13. The molecule has 0 bridgehead atoms. The predicted octanol–water partition coefficient (Wildman–Crippen LogP) is 3.75. The smallest absolute Gasteiger partial charge is 0.331 e. The number of para-hydroxylation sites is 1. The van der Waals surface area contributed by atoms with Crippen LogP contribution in [0.4, 0.5) is 5.00 Å². The van der Waals surface area contributed by atoms with E-state index in [0.29, 0.717) is 29.4 Å². The van der Waals surface area contributed by atoms with E-state index < -0.39 is 18.5 Å². The molecule has 35 heavy (non-hydrogen) atoms. The topological polar surface area (TPSA) is 107 Å². The Morgan fingerprint density at radius 3 is 2.80 bits per heavy atom. The number of nitrogens with one attached hydrogen (secondary N) is 2. The van der Waals surface area contributed by atoms with E-state index in [9.17, 15) is 14.4 Å². The molecule has 0 aliphatic heterocycles. The Labute approximate surface area is 207 Å². The Kier molecular flexibility index (Phi) is 8.23. The van der Waals surface area contributed by atoms with Gasteiger partial charge >= 0.3 is 5.97 Å². The third-order valence-corrected chi connectivity index (χ3v) is 6.81. The fourth-order valence-electron chi connectivity index (χ4n) is 3.92. The summed E-state index contributed by atoms with van der Waals surface area (Å²) in [6.45, 7) is 0.322. The molecule has 0 saturated carbocycles. The minimum atomic E-state index is -0.655. The highest BCUT2D eigenvalue weighted by molar-refractivity contribution is 7.17. The summed E-state index contributed by atoms with van der Waals surface area (Å²) < 4.78 is 10.1. The molecule has 0 spiro atoms. The summed E-state index contributed by atoms with van der Waals surface area (Å²) in [5, 5.41) is 7.09. The molecule has 0 atom stereocenters. The number of fused-ring (bicyclic) bond motifs is 2. The van der Waals surface area contributed by atoms with Crippen LogP contribution in [0.1, 0.15) is 39.3 Å². The van der Waals surface area contributed by atoms with Crippen molar-refractivity contribution in [3.63, 3.8) is 0 Å². The summed E-state index contributed by atoms with van der Waals surface area (Å²) >= 11 is 1.41. The van der Waals surface area contributed by atoms with Gasteiger partial charge in [-0.1, -0.05) is 24.3 Å². The van der Waals surface area contributed by atoms with Crippen LogP contribution < -0.4 is 10.6 Å². The number of ether oxygens (including phenoxy) is 2. The number of carbonyl (C=O) groups excluding carboxylic acids is 3. The average molecular weight is 494 g/mol. The van der Waals surface area contributed by atoms with Gasteiger partial charge in [0.25, 0.3) is 11.8 Å². The number of hydrogen-bond acceptors (Lipinski definition) is 7. The Hall–Kier alpha value is -3.56. The lowest BCUT2D eigenvalue weighted by Crippen LogP contribution is -2.29. The maximum atomic E-state index is 12.8. The van der Waals surface area contributed by atoms with Crippen molar-refractivity contribution in [1.29, 1.82) is 0 Å². The van der Waals surface area contributed by atoms with Gasteiger partial charge in [-0.15, -0.1) is 11.3 Å². The van der Waals surface area contributed by atoms with Crippen molar-refractivity contribution in [1.82, 2.24) is 10.3 Å². The molecule has 2 amide bonds. The number of carbonyl (C=O) groups is 3. The molecular formula is C26H27N3O5S. The summed E-state index contributed by atoms with van der Waals surface area (Å²) in [6, 6.07) is 11.4. The van der Waals surface area contributed by atoms with Crippen LogP contribution in [0.5, 0.6) is 0 Å². The molecule has 3 aromatic rings. The van der Waals surface area contributed by atoms with Gasteiger partial charge in [-0.2, -0.15) is 0 Å². The average Bonchev–Trinajstić information content (AvgIpc) is 3.24. The third kappa shape index (κ3) is 6.32. The minimum absolute atomic E-state index is 0.237. The fourth-order valence-corrected chi connectivity index (χ4v) is 5.23. The Morgan fingerprint density at radius 2 is 1.94 bits per heavy atom. The first kappa shape index (κ1) is 24.6. The molecule has 0 unspecified atom stereocenters. The first-order chi connectivity index (χ1) is 17.0. The molecule has 9 heteroatoms. The number of anilines is 1. The number of rotatable bonds is 9. The number of nitrogens with zero attached hydrogens (tertiary/aromatic N) is 1. The molecule has 1 aromatic carbocycles. The lowest BCUT2D eigenvalue weighted by atomic mass is 9.95. The van der Waals surface area contributed by atoms with Gasteiger partial charge in [0.1, 0.15) is 5.00 Å². The highest BCUT2D eigenvalue weighted by atomic mass is 32.1. The SMILES string of the molecule is COCCNC(=O)c1c(NC(=O)COC(=O)/C=C/c2ccc3ccccc3n2)sc2c1CCCC2. The number of thiophene rings is 1. The number of aryl methyl sites for hydroxylation is 1. The number of aromatic nitrogens is 1. The van der Waals surface area contributed by atoms with Crippen molar-refractivity contribution < 1.29 is 23.9 Å². The highest BCUT2D eigenvalue weighted by Crippen LogP contribution is 2.38. The summed E-state index contributed by atoms with van der Waals surface area (Å²) in [5.74, 6) is -1.39. The Morgan fingerprint density at radius 1 is 1.11 bits per heavy atom. The molecule has 1 aliphatic carbocycles. The van der Waals surface area contributed by atoms with Crippen LogP contribution in [0.2, 0.25) is 0 Å². The second kappa shape index (κ2) is 11.7. The molecule has 2 N–H and O–H groups in total. The number of benzene rings is 1. The monoisotopic (exact) mass is 493 g/mol. The second-order valence-electron chi connectivity index (χ2n) is 8.08. The van der Waals surface area contributed by atoms with E-state index in [2.05, 4.69) is 15.6 Å². The van der Waals surface area contributed by atoms with E-state index in [-0.39, 0.29) is 5.91 Å². The van der Waals surface area contributed by atoms with Crippen molar-refractivity contribution in [2.24, 2.45) is 0 Å². The Bertz CT molecular complexity index is 1270. The van der Waals surface area contributed by atoms with Crippen molar-refractivity contribution in [3.05, 3.63) is 64.2 Å². The zero-order valence-corrected chi connectivity index (χ0v) is 20.3. The zero-order valence-electron chi connectivity index (χ0n) is 19.5. The second-order valence-corrected chi connectivity index (χ2v) is 9.19. The van der Waals surface area contributed by atoms with Gasteiger partial charge in [0.15, 0.2) is 6.61 Å². The first-order valence-electron chi connectivity index (χ1n) is 11.5. The van der Waals surface area contributed by atoms with Gasteiger partial charge in [-0.3, -0.25) is 9.59 Å². The Balaban J connectivity index is 1.36. The van der Waals surface area contributed by atoms with Gasteiger partial charge in [-0.05, 0) is 49.5 Å². The van der Waals surface area contributed by atoms with Crippen molar-refractivity contribution in [2.75, 3.05) is 32.2 Å². The summed E-state index contributed by atoms with van der Waals surface area (Å²) in [4.78, 5) is 43.0. The largest absolute Gasteiger partial charge is 0.452 e. The number of pyridine rings is 1. The molecule has 182 valence electrons. The summed E-state index contributed by atoms with van der Waals surface area (Å²) in [5.41, 5.74) is 2.93. The summed E-state index contributed by atoms with van der Waals surface area (Å²) in [6.07, 6.45) is 6.53. The standard InChI is InChI=1S/C26H27N3O5S/c1-33-15-14-27-25(32)24-19-7-3-5-9-21(19)35-26(24)29-22(30)16-34-23(31)13-12-18-11-10-17-6-2-4-8-20(17)28-18/h2,4,6,8,10-13H,3,5,7,9,14-16H2,1H3,(H,27,32)(H,29,30)/b13-12+. The molecule has 1 aliphatic rings. The van der Waals surface area contributed by atoms with Crippen molar-refractivity contribution in [2.45, 2.75) is 25.7 Å². The molecule has 8 nitrogen and oxygen atoms in total. The zero-order chi connectivity index (χ0) is 24.6. The van der Waals surface area contributed by atoms with Gasteiger partial charge in [-0.25, -0.2) is 9.78 Å². The maximum Gasteiger partial charge on any atom is 0.331 e. The van der Waals surface area contributed by atoms with E-state index >= 15 is 0 Å². The van der Waals surface area contributed by atoms with Gasteiger partial charge in [0.05, 0.1) is 23.4 Å². The first-order valence-corrected chi connectivity index (χ1v) is 12.3. The molecule has 0 radical (unpaired) electrons. The van der Waals surface area contributed by atoms with Gasteiger partial charge in [0, 0.05) is 30.0 Å². The van der Waals surface area contributed by atoms with E-state index in [1.807, 2.05) is 30.3 Å². The van der Waals surface area contributed by atoms with Crippen molar-refractivity contribution in [3.8, 4) is 0 Å². The third-order valence-electron chi connectivity index (χ3n) is 5.60. The van der Waals surface area contributed by atoms with Crippen LogP contribution >= 0.6 is 11.3 Å². The van der Waals surface area contributed by atoms with E-state index in [0.717, 1.165) is 47.0 Å². The van der Waals surface area contributed by atoms with Gasteiger partial charge < -0.3 is 20.1 Å². The van der Waals surface area contributed by atoms with Crippen LogP contribution in [0, 0.1) is 0 Å². The van der Waals surface area contributed by atoms with Crippen LogP contribution in [0.15, 0.2) is 42.5 Å². The van der Waals surface area contributed by atoms with Crippen LogP contribution in [-0.2, 0) is 31.9 Å². The normalized spacial score (nSPS) is 12.9. The molecular weight excluding hydrogens is 466 g/mol. The molecule has 2 aromatic heterocycles. The molecule has 0 saturated heterocycles. The number of hydrogen-bond donors (Lipinski definition) is 2. The van der Waals surface area contributed by atoms with Crippen LogP contribution in [0.25, 0.3) is 17.0 Å². The predicted molar refractivity (Wildman–Crippen MR) is 136 cm³/mol. The number of esters is 1. The van der Waals surface area contributed by atoms with Gasteiger partial charge in [0.2, 0.25) is 0 Å². The fraction of sp³-hybridized carbons (Fsp3) is 0.308. The quantitative estimate of drug-likeness (QED) is 0.267. The van der Waals surface area contributed by atoms with Crippen LogP contribution in [0.3, 0.4) is 0 Å². The van der Waals surface area contributed by atoms with E-state index in [1.54, 1.807) is 19.3 Å². The molecule has 4 rings (SSSR count).